The molecule has 0 amide bonds. The second-order valence-corrected chi connectivity index (χ2v) is 6.46. The number of imidazole rings is 1. The van der Waals surface area contributed by atoms with E-state index in [1.54, 1.807) is 0 Å². The van der Waals surface area contributed by atoms with Gasteiger partial charge in [-0.1, -0.05) is 38.3 Å². The second-order valence-electron chi connectivity index (χ2n) is 6.46. The molecule has 0 aliphatic heterocycles. The van der Waals surface area contributed by atoms with Crippen molar-refractivity contribution in [2.75, 3.05) is 6.54 Å². The lowest BCUT2D eigenvalue weighted by atomic mass is 9.80. The molecule has 1 fully saturated rings. The summed E-state index contributed by atoms with van der Waals surface area (Å²) < 4.78 is 2.26. The van der Waals surface area contributed by atoms with Crippen molar-refractivity contribution in [1.82, 2.24) is 14.9 Å². The van der Waals surface area contributed by atoms with Crippen LogP contribution in [-0.2, 0) is 13.5 Å². The van der Waals surface area contributed by atoms with E-state index in [2.05, 4.69) is 48.1 Å². The molecule has 0 saturated heterocycles. The summed E-state index contributed by atoms with van der Waals surface area (Å²) in [7, 11) is 2.14. The van der Waals surface area contributed by atoms with Gasteiger partial charge in [-0.25, -0.2) is 4.98 Å². The van der Waals surface area contributed by atoms with Crippen LogP contribution in [0.15, 0.2) is 24.3 Å². The molecule has 1 unspecified atom stereocenters. The Labute approximate surface area is 127 Å². The lowest BCUT2D eigenvalue weighted by Gasteiger charge is -2.30. The maximum absolute atomic E-state index is 4.83. The third kappa shape index (κ3) is 3.29. The van der Waals surface area contributed by atoms with Crippen LogP contribution in [0.25, 0.3) is 11.0 Å². The van der Waals surface area contributed by atoms with Crippen LogP contribution in [-0.4, -0.2) is 22.1 Å². The summed E-state index contributed by atoms with van der Waals surface area (Å²) in [6, 6.07) is 9.01. The molecular formula is C18H27N3. The van der Waals surface area contributed by atoms with Crippen LogP contribution < -0.4 is 5.32 Å². The first kappa shape index (κ1) is 14.6. The highest BCUT2D eigenvalue weighted by Gasteiger charge is 2.23. The highest BCUT2D eigenvalue weighted by molar-refractivity contribution is 5.75. The summed E-state index contributed by atoms with van der Waals surface area (Å²) in [4.78, 5) is 4.83. The SMILES string of the molecule is CCCNC(Cc1nc2ccccc2n1C)CC1CCC1. The normalized spacial score (nSPS) is 17.0. The molecule has 0 radical (unpaired) electrons. The Hall–Kier alpha value is -1.35. The number of para-hydroxylation sites is 2. The van der Waals surface area contributed by atoms with Crippen LogP contribution in [0.4, 0.5) is 0 Å². The van der Waals surface area contributed by atoms with Gasteiger partial charge in [0, 0.05) is 19.5 Å². The predicted octanol–water partition coefficient (Wildman–Crippen LogP) is 3.67. The number of hydrogen-bond acceptors (Lipinski definition) is 2. The van der Waals surface area contributed by atoms with Crippen molar-refractivity contribution in [2.45, 2.75) is 51.5 Å². The molecule has 1 N–H and O–H groups in total. The fraction of sp³-hybridized carbons (Fsp3) is 0.611. The topological polar surface area (TPSA) is 29.9 Å². The highest BCUT2D eigenvalue weighted by Crippen LogP contribution is 2.31. The Morgan fingerprint density at radius 3 is 2.81 bits per heavy atom. The molecule has 3 nitrogen and oxygen atoms in total. The van der Waals surface area contributed by atoms with Crippen molar-refractivity contribution in [2.24, 2.45) is 13.0 Å². The van der Waals surface area contributed by atoms with Gasteiger partial charge >= 0.3 is 0 Å². The first-order valence-corrected chi connectivity index (χ1v) is 8.41. The average molecular weight is 285 g/mol. The Morgan fingerprint density at radius 2 is 2.14 bits per heavy atom. The minimum atomic E-state index is 0.575. The fourth-order valence-corrected chi connectivity index (χ4v) is 3.32. The summed E-state index contributed by atoms with van der Waals surface area (Å²) in [5.41, 5.74) is 2.36. The van der Waals surface area contributed by atoms with Crippen molar-refractivity contribution in [3.8, 4) is 0 Å². The third-order valence-corrected chi connectivity index (χ3v) is 4.83. The number of benzene rings is 1. The molecule has 1 atom stereocenters. The molecule has 3 heteroatoms. The second kappa shape index (κ2) is 6.61. The zero-order valence-corrected chi connectivity index (χ0v) is 13.3. The van der Waals surface area contributed by atoms with Gasteiger partial charge in [0.25, 0.3) is 0 Å². The first-order chi connectivity index (χ1) is 10.3. The summed E-state index contributed by atoms with van der Waals surface area (Å²) in [6.45, 7) is 3.35. The van der Waals surface area contributed by atoms with Crippen molar-refractivity contribution >= 4 is 11.0 Å². The van der Waals surface area contributed by atoms with E-state index in [1.807, 2.05) is 0 Å². The van der Waals surface area contributed by atoms with Gasteiger partial charge in [-0.3, -0.25) is 0 Å². The van der Waals surface area contributed by atoms with Gasteiger partial charge in [-0.05, 0) is 37.4 Å². The van der Waals surface area contributed by atoms with Crippen molar-refractivity contribution in [3.63, 3.8) is 0 Å². The van der Waals surface area contributed by atoms with Gasteiger partial charge < -0.3 is 9.88 Å². The molecule has 0 bridgehead atoms. The quantitative estimate of drug-likeness (QED) is 0.841. The molecule has 0 spiro atoms. The van der Waals surface area contributed by atoms with Crippen LogP contribution in [0, 0.1) is 5.92 Å². The summed E-state index contributed by atoms with van der Waals surface area (Å²) in [5.74, 6) is 2.15. The Morgan fingerprint density at radius 1 is 1.33 bits per heavy atom. The molecule has 3 rings (SSSR count). The lowest BCUT2D eigenvalue weighted by Crippen LogP contribution is -2.35. The molecule has 1 heterocycles. The van der Waals surface area contributed by atoms with Crippen LogP contribution >= 0.6 is 0 Å². The van der Waals surface area contributed by atoms with E-state index in [0.717, 1.165) is 24.4 Å². The summed E-state index contributed by atoms with van der Waals surface area (Å²) >= 11 is 0. The highest BCUT2D eigenvalue weighted by atomic mass is 15.1. The number of nitrogens with one attached hydrogen (secondary N) is 1. The Kier molecular flexibility index (Phi) is 4.59. The van der Waals surface area contributed by atoms with Gasteiger partial charge in [0.2, 0.25) is 0 Å². The maximum Gasteiger partial charge on any atom is 0.111 e. The van der Waals surface area contributed by atoms with Gasteiger partial charge in [0.05, 0.1) is 11.0 Å². The van der Waals surface area contributed by atoms with Crippen molar-refractivity contribution in [3.05, 3.63) is 30.1 Å². The summed E-state index contributed by atoms with van der Waals surface area (Å²) in [6.07, 6.45) is 7.83. The van der Waals surface area contributed by atoms with Gasteiger partial charge in [0.1, 0.15) is 5.82 Å². The van der Waals surface area contributed by atoms with Gasteiger partial charge in [0.15, 0.2) is 0 Å². The average Bonchev–Trinajstić information content (AvgIpc) is 2.77. The molecule has 1 saturated carbocycles. The zero-order chi connectivity index (χ0) is 14.7. The molecule has 2 aromatic rings. The lowest BCUT2D eigenvalue weighted by molar-refractivity contribution is 0.257. The zero-order valence-electron chi connectivity index (χ0n) is 13.3. The van der Waals surface area contributed by atoms with Crippen LogP contribution in [0.5, 0.6) is 0 Å². The largest absolute Gasteiger partial charge is 0.331 e. The number of hydrogen-bond donors (Lipinski definition) is 1. The van der Waals surface area contributed by atoms with Crippen LogP contribution in [0.2, 0.25) is 0 Å². The third-order valence-electron chi connectivity index (χ3n) is 4.83. The molecule has 1 aromatic heterocycles. The van der Waals surface area contributed by atoms with Crippen LogP contribution in [0.3, 0.4) is 0 Å². The van der Waals surface area contributed by atoms with E-state index in [-0.39, 0.29) is 0 Å². The van der Waals surface area contributed by atoms with Gasteiger partial charge in [-0.2, -0.15) is 0 Å². The van der Waals surface area contributed by atoms with Gasteiger partial charge in [-0.15, -0.1) is 0 Å². The molecule has 1 aromatic carbocycles. The van der Waals surface area contributed by atoms with E-state index < -0.39 is 0 Å². The van der Waals surface area contributed by atoms with E-state index in [4.69, 9.17) is 4.98 Å². The number of nitrogens with zero attached hydrogens (tertiary/aromatic N) is 2. The molecule has 114 valence electrons. The minimum Gasteiger partial charge on any atom is -0.331 e. The maximum atomic E-state index is 4.83. The van der Waals surface area contributed by atoms with Crippen molar-refractivity contribution < 1.29 is 0 Å². The molecule has 1 aliphatic rings. The smallest absolute Gasteiger partial charge is 0.111 e. The van der Waals surface area contributed by atoms with E-state index in [0.29, 0.717) is 6.04 Å². The summed E-state index contributed by atoms with van der Waals surface area (Å²) in [5, 5.41) is 3.74. The van der Waals surface area contributed by atoms with E-state index in [1.165, 1.54) is 43.4 Å². The molecular weight excluding hydrogens is 258 g/mol. The first-order valence-electron chi connectivity index (χ1n) is 8.41. The fourth-order valence-electron chi connectivity index (χ4n) is 3.32. The van der Waals surface area contributed by atoms with Crippen molar-refractivity contribution in [1.29, 1.82) is 0 Å². The number of rotatable bonds is 7. The van der Waals surface area contributed by atoms with E-state index in [9.17, 15) is 0 Å². The van der Waals surface area contributed by atoms with Crippen LogP contribution in [0.1, 0.15) is 44.9 Å². The number of aromatic nitrogens is 2. The number of fused-ring (bicyclic) bond motifs is 1. The number of aryl methyl sites for hydroxylation is 1. The minimum absolute atomic E-state index is 0.575. The molecule has 21 heavy (non-hydrogen) atoms. The Balaban J connectivity index is 1.74. The predicted molar refractivity (Wildman–Crippen MR) is 88.5 cm³/mol. The Bertz CT molecular complexity index is 583. The molecule has 1 aliphatic carbocycles. The standard InChI is InChI=1S/C18H27N3/c1-3-11-19-15(12-14-7-6-8-14)13-18-20-16-9-4-5-10-17(16)21(18)2/h4-5,9-10,14-15,19H,3,6-8,11-13H2,1-2H3. The van der Waals surface area contributed by atoms with E-state index >= 15 is 0 Å². The monoisotopic (exact) mass is 285 g/mol.